The third-order valence-corrected chi connectivity index (χ3v) is 6.00. The summed E-state index contributed by atoms with van der Waals surface area (Å²) in [4.78, 5) is 19.0. The summed E-state index contributed by atoms with van der Waals surface area (Å²) in [5.41, 5.74) is 4.53. The number of halogens is 1. The van der Waals surface area contributed by atoms with E-state index < -0.39 is 0 Å². The van der Waals surface area contributed by atoms with Gasteiger partial charge in [-0.25, -0.2) is 4.39 Å². The highest BCUT2D eigenvalue weighted by molar-refractivity contribution is 7.98. The smallest absolute Gasteiger partial charge is 0.139 e. The molecule has 3 rings (SSSR count). The fourth-order valence-corrected chi connectivity index (χ4v) is 4.24. The predicted octanol–water partition coefficient (Wildman–Crippen LogP) is 5.10. The number of Topliss-reactive ketones (excluding diaryl/α,β-unsaturated/α-hetero) is 1. The van der Waals surface area contributed by atoms with Gasteiger partial charge in [-0.15, -0.1) is 0 Å². The van der Waals surface area contributed by atoms with E-state index in [1.807, 2.05) is 26.2 Å². The van der Waals surface area contributed by atoms with Gasteiger partial charge in [-0.05, 0) is 47.7 Å². The number of ketones is 1. The molecule has 28 heavy (non-hydrogen) atoms. The Morgan fingerprint density at radius 2 is 1.79 bits per heavy atom. The van der Waals surface area contributed by atoms with Crippen molar-refractivity contribution in [3.8, 4) is 0 Å². The first kappa shape index (κ1) is 20.6. The Hall–Kier alpha value is -2.14. The molecule has 0 bridgehead atoms. The van der Waals surface area contributed by atoms with Gasteiger partial charge >= 0.3 is 0 Å². The number of aliphatic imine (C=N–C) groups is 1. The van der Waals surface area contributed by atoms with Crippen molar-refractivity contribution in [3.63, 3.8) is 0 Å². The van der Waals surface area contributed by atoms with Crippen molar-refractivity contribution in [1.29, 1.82) is 0 Å². The molecule has 0 saturated heterocycles. The number of hydrogen-bond acceptors (Lipinski definition) is 4. The normalized spacial score (nSPS) is 18.5. The van der Waals surface area contributed by atoms with Gasteiger partial charge in [-0.2, -0.15) is 11.8 Å². The number of benzene rings is 2. The van der Waals surface area contributed by atoms with E-state index in [9.17, 15) is 9.18 Å². The Morgan fingerprint density at radius 3 is 2.46 bits per heavy atom. The Bertz CT molecular complexity index is 816. The SMILES string of the molecule is CN(C)c1ccc([C@@H]2CC(=O)CC(=NCCSCc3ccc(F)cc3)C2)cc1. The number of carbonyl (C=O) groups is 1. The summed E-state index contributed by atoms with van der Waals surface area (Å²) in [6.45, 7) is 0.723. The molecule has 148 valence electrons. The third kappa shape index (κ3) is 5.93. The lowest BCUT2D eigenvalue weighted by atomic mass is 9.82. The minimum atomic E-state index is -0.201. The van der Waals surface area contributed by atoms with Crippen LogP contribution in [0, 0.1) is 5.82 Å². The number of anilines is 1. The summed E-state index contributed by atoms with van der Waals surface area (Å²) in [6.07, 6.45) is 1.98. The van der Waals surface area contributed by atoms with Gasteiger partial charge in [0.1, 0.15) is 11.6 Å². The van der Waals surface area contributed by atoms with Crippen LogP contribution in [0.1, 0.15) is 36.3 Å². The largest absolute Gasteiger partial charge is 0.378 e. The molecule has 0 aromatic heterocycles. The Balaban J connectivity index is 1.50. The molecule has 2 aromatic carbocycles. The molecule has 1 fully saturated rings. The molecule has 0 aliphatic heterocycles. The Kier molecular flexibility index (Phi) is 7.26. The molecule has 0 amide bonds. The van der Waals surface area contributed by atoms with Crippen LogP contribution in [0.5, 0.6) is 0 Å². The van der Waals surface area contributed by atoms with Crippen LogP contribution in [0.4, 0.5) is 10.1 Å². The van der Waals surface area contributed by atoms with Gasteiger partial charge in [0.15, 0.2) is 0 Å². The van der Waals surface area contributed by atoms with Crippen molar-refractivity contribution >= 4 is 28.9 Å². The van der Waals surface area contributed by atoms with Crippen molar-refractivity contribution < 1.29 is 9.18 Å². The van der Waals surface area contributed by atoms with E-state index in [2.05, 4.69) is 29.2 Å². The minimum Gasteiger partial charge on any atom is -0.378 e. The average molecular weight is 399 g/mol. The number of thioether (sulfide) groups is 1. The number of carbonyl (C=O) groups excluding carboxylic acids is 1. The first-order valence-corrected chi connectivity index (χ1v) is 10.8. The molecule has 1 saturated carbocycles. The van der Waals surface area contributed by atoms with Gasteiger partial charge in [0, 0.05) is 56.4 Å². The molecule has 3 nitrogen and oxygen atoms in total. The molecule has 1 atom stereocenters. The highest BCUT2D eigenvalue weighted by Gasteiger charge is 2.25. The van der Waals surface area contributed by atoms with Crippen molar-refractivity contribution in [2.75, 3.05) is 31.3 Å². The van der Waals surface area contributed by atoms with Crippen LogP contribution >= 0.6 is 11.8 Å². The second-order valence-corrected chi connectivity index (χ2v) is 8.54. The maximum absolute atomic E-state index is 12.9. The van der Waals surface area contributed by atoms with Crippen LogP contribution in [-0.4, -0.2) is 37.9 Å². The van der Waals surface area contributed by atoms with Crippen LogP contribution < -0.4 is 4.90 Å². The maximum Gasteiger partial charge on any atom is 0.139 e. The summed E-state index contributed by atoms with van der Waals surface area (Å²) < 4.78 is 12.9. The van der Waals surface area contributed by atoms with Gasteiger partial charge in [0.25, 0.3) is 0 Å². The summed E-state index contributed by atoms with van der Waals surface area (Å²) in [5.74, 6) is 2.07. The number of nitrogens with zero attached hydrogens (tertiary/aromatic N) is 2. The second kappa shape index (κ2) is 9.87. The van der Waals surface area contributed by atoms with Crippen LogP contribution in [0.3, 0.4) is 0 Å². The summed E-state index contributed by atoms with van der Waals surface area (Å²) >= 11 is 1.78. The summed E-state index contributed by atoms with van der Waals surface area (Å²) in [5, 5.41) is 0. The third-order valence-electron chi connectivity index (χ3n) is 4.99. The minimum absolute atomic E-state index is 0.201. The van der Waals surface area contributed by atoms with Gasteiger partial charge in [-0.3, -0.25) is 9.79 Å². The topological polar surface area (TPSA) is 32.7 Å². The molecular weight excluding hydrogens is 371 g/mol. The van der Waals surface area contributed by atoms with E-state index >= 15 is 0 Å². The second-order valence-electron chi connectivity index (χ2n) is 7.43. The molecule has 1 aliphatic rings. The van der Waals surface area contributed by atoms with Crippen LogP contribution in [0.15, 0.2) is 53.5 Å². The average Bonchev–Trinajstić information content (AvgIpc) is 2.69. The van der Waals surface area contributed by atoms with Gasteiger partial charge in [-0.1, -0.05) is 24.3 Å². The first-order chi connectivity index (χ1) is 13.5. The van der Waals surface area contributed by atoms with E-state index in [-0.39, 0.29) is 17.5 Å². The van der Waals surface area contributed by atoms with E-state index in [1.54, 1.807) is 11.8 Å². The molecular formula is C23H27FN2OS. The lowest BCUT2D eigenvalue weighted by molar-refractivity contribution is -0.118. The molecule has 5 heteroatoms. The van der Waals surface area contributed by atoms with Crippen LogP contribution in [-0.2, 0) is 10.5 Å². The van der Waals surface area contributed by atoms with Gasteiger partial charge in [0.2, 0.25) is 0 Å². The van der Waals surface area contributed by atoms with Crippen molar-refractivity contribution in [1.82, 2.24) is 0 Å². The molecule has 1 aliphatic carbocycles. The zero-order valence-electron chi connectivity index (χ0n) is 16.5. The van der Waals surface area contributed by atoms with Crippen molar-refractivity contribution in [2.45, 2.75) is 30.9 Å². The number of hydrogen-bond donors (Lipinski definition) is 0. The zero-order valence-corrected chi connectivity index (χ0v) is 17.3. The van der Waals surface area contributed by atoms with Gasteiger partial charge < -0.3 is 4.90 Å². The lowest BCUT2D eigenvalue weighted by Crippen LogP contribution is -2.22. The van der Waals surface area contributed by atoms with Crippen molar-refractivity contribution in [3.05, 3.63) is 65.5 Å². The first-order valence-electron chi connectivity index (χ1n) is 9.64. The predicted molar refractivity (Wildman–Crippen MR) is 117 cm³/mol. The number of rotatable bonds is 7. The van der Waals surface area contributed by atoms with E-state index in [1.165, 1.54) is 17.7 Å². The standard InChI is InChI=1S/C23H27FN2OS/c1-26(2)22-9-5-18(6-10-22)19-13-21(15-23(27)14-19)25-11-12-28-16-17-3-7-20(24)8-4-17/h3-10,19H,11-16H2,1-2H3/t19-/m0/s1. The van der Waals surface area contributed by atoms with E-state index in [0.717, 1.165) is 41.4 Å². The molecule has 2 aromatic rings. The van der Waals surface area contributed by atoms with Gasteiger partial charge in [0.05, 0.1) is 0 Å². The van der Waals surface area contributed by atoms with Crippen LogP contribution in [0.2, 0.25) is 0 Å². The van der Waals surface area contributed by atoms with E-state index in [4.69, 9.17) is 4.99 Å². The molecule has 0 N–H and O–H groups in total. The highest BCUT2D eigenvalue weighted by atomic mass is 32.2. The maximum atomic E-state index is 12.9. The fourth-order valence-electron chi connectivity index (χ4n) is 3.44. The molecule has 0 spiro atoms. The molecule has 0 unspecified atom stereocenters. The molecule has 0 radical (unpaired) electrons. The zero-order chi connectivity index (χ0) is 19.9. The Labute approximate surface area is 171 Å². The summed E-state index contributed by atoms with van der Waals surface area (Å²) in [7, 11) is 4.05. The fraction of sp³-hybridized carbons (Fsp3) is 0.391. The summed E-state index contributed by atoms with van der Waals surface area (Å²) in [6, 6.07) is 15.1. The monoisotopic (exact) mass is 398 g/mol. The lowest BCUT2D eigenvalue weighted by Gasteiger charge is -2.23. The van der Waals surface area contributed by atoms with Crippen molar-refractivity contribution in [2.24, 2.45) is 4.99 Å². The van der Waals surface area contributed by atoms with E-state index in [0.29, 0.717) is 12.8 Å². The van der Waals surface area contributed by atoms with Crippen LogP contribution in [0.25, 0.3) is 0 Å². The Morgan fingerprint density at radius 1 is 1.07 bits per heavy atom. The highest BCUT2D eigenvalue weighted by Crippen LogP contribution is 2.31. The quantitative estimate of drug-likeness (QED) is 0.608. The molecule has 0 heterocycles.